The van der Waals surface area contributed by atoms with Gasteiger partial charge in [-0.3, -0.25) is 4.84 Å². The number of ether oxygens (including phenoxy) is 1. The zero-order valence-electron chi connectivity index (χ0n) is 15.7. The standard InChI is InChI=1S/C20H31NO3/c1-6-7-13-23-21-19(2,3)14-17(15-20(21,4)5)24-18(22)16-11-9-8-10-12-16/h8-12,17H,6-7,13-15H2,1-5H3. The number of hydroxylamine groups is 2. The summed E-state index contributed by atoms with van der Waals surface area (Å²) in [5.41, 5.74) is 0.239. The van der Waals surface area contributed by atoms with Gasteiger partial charge >= 0.3 is 5.97 Å². The van der Waals surface area contributed by atoms with Crippen LogP contribution in [-0.4, -0.2) is 34.8 Å². The van der Waals surface area contributed by atoms with Gasteiger partial charge in [-0.1, -0.05) is 31.5 Å². The first kappa shape index (κ1) is 18.9. The lowest BCUT2D eigenvalue weighted by atomic mass is 9.80. The van der Waals surface area contributed by atoms with Crippen LogP contribution in [0.2, 0.25) is 0 Å². The summed E-state index contributed by atoms with van der Waals surface area (Å²) in [7, 11) is 0. The lowest BCUT2D eigenvalue weighted by Gasteiger charge is -2.53. The minimum absolute atomic E-state index is 0.103. The van der Waals surface area contributed by atoms with Crippen LogP contribution in [0.5, 0.6) is 0 Å². The third-order valence-electron chi connectivity index (χ3n) is 4.56. The average Bonchev–Trinajstić information content (AvgIpc) is 2.50. The molecule has 0 unspecified atom stereocenters. The predicted octanol–water partition coefficient (Wildman–Crippen LogP) is 4.60. The number of carbonyl (C=O) groups excluding carboxylic acids is 1. The summed E-state index contributed by atoms with van der Waals surface area (Å²) >= 11 is 0. The van der Waals surface area contributed by atoms with E-state index >= 15 is 0 Å². The maximum absolute atomic E-state index is 12.4. The lowest BCUT2D eigenvalue weighted by molar-refractivity contribution is -0.292. The van der Waals surface area contributed by atoms with E-state index in [-0.39, 0.29) is 23.2 Å². The van der Waals surface area contributed by atoms with E-state index < -0.39 is 0 Å². The zero-order valence-corrected chi connectivity index (χ0v) is 15.7. The van der Waals surface area contributed by atoms with Gasteiger partial charge in [0.05, 0.1) is 12.2 Å². The van der Waals surface area contributed by atoms with Crippen LogP contribution < -0.4 is 0 Å². The fourth-order valence-electron chi connectivity index (χ4n) is 3.70. The van der Waals surface area contributed by atoms with Gasteiger partial charge in [0.2, 0.25) is 0 Å². The molecule has 4 nitrogen and oxygen atoms in total. The minimum Gasteiger partial charge on any atom is -0.459 e. The largest absolute Gasteiger partial charge is 0.459 e. The molecule has 0 aliphatic carbocycles. The number of piperidine rings is 1. The van der Waals surface area contributed by atoms with E-state index in [0.717, 1.165) is 32.3 Å². The number of hydrogen-bond acceptors (Lipinski definition) is 4. The highest BCUT2D eigenvalue weighted by atomic mass is 16.7. The molecule has 1 aromatic rings. The van der Waals surface area contributed by atoms with Crippen molar-refractivity contribution in [3.05, 3.63) is 35.9 Å². The Morgan fingerprint density at radius 3 is 2.25 bits per heavy atom. The van der Waals surface area contributed by atoms with Crippen LogP contribution >= 0.6 is 0 Å². The smallest absolute Gasteiger partial charge is 0.338 e. The zero-order chi connectivity index (χ0) is 17.8. The van der Waals surface area contributed by atoms with Crippen molar-refractivity contribution in [1.82, 2.24) is 5.06 Å². The molecule has 2 rings (SSSR count). The van der Waals surface area contributed by atoms with E-state index in [1.807, 2.05) is 18.2 Å². The molecular formula is C20H31NO3. The number of benzene rings is 1. The quantitative estimate of drug-likeness (QED) is 0.563. The van der Waals surface area contributed by atoms with Crippen molar-refractivity contribution in [2.75, 3.05) is 6.61 Å². The SMILES string of the molecule is CCCCON1C(C)(C)CC(OC(=O)c2ccccc2)CC1(C)C. The molecule has 0 amide bonds. The molecule has 0 bridgehead atoms. The number of hydrogen-bond donors (Lipinski definition) is 0. The molecule has 0 atom stereocenters. The topological polar surface area (TPSA) is 38.8 Å². The third kappa shape index (κ3) is 4.58. The van der Waals surface area contributed by atoms with Crippen LogP contribution in [0.1, 0.15) is 70.7 Å². The summed E-state index contributed by atoms with van der Waals surface area (Å²) in [5, 5.41) is 2.11. The van der Waals surface area contributed by atoms with Gasteiger partial charge in [-0.05, 0) is 46.2 Å². The molecular weight excluding hydrogens is 302 g/mol. The lowest BCUT2D eigenvalue weighted by Crippen LogP contribution is -2.62. The fraction of sp³-hybridized carbons (Fsp3) is 0.650. The van der Waals surface area contributed by atoms with E-state index in [2.05, 4.69) is 39.7 Å². The monoisotopic (exact) mass is 333 g/mol. The Morgan fingerprint density at radius 1 is 1.12 bits per heavy atom. The fourth-order valence-corrected chi connectivity index (χ4v) is 3.70. The summed E-state index contributed by atoms with van der Waals surface area (Å²) in [5.74, 6) is -0.243. The van der Waals surface area contributed by atoms with Crippen molar-refractivity contribution in [3.63, 3.8) is 0 Å². The molecule has 0 radical (unpaired) electrons. The molecule has 0 aromatic heterocycles. The molecule has 1 saturated heterocycles. The Morgan fingerprint density at radius 2 is 1.71 bits per heavy atom. The van der Waals surface area contributed by atoms with Crippen molar-refractivity contribution in [2.45, 2.75) is 77.5 Å². The summed E-state index contributed by atoms with van der Waals surface area (Å²) in [6, 6.07) is 9.20. The van der Waals surface area contributed by atoms with Crippen LogP contribution in [-0.2, 0) is 9.57 Å². The van der Waals surface area contributed by atoms with Gasteiger partial charge in [0.1, 0.15) is 6.10 Å². The van der Waals surface area contributed by atoms with E-state index in [9.17, 15) is 4.79 Å². The van der Waals surface area contributed by atoms with Gasteiger partial charge < -0.3 is 4.74 Å². The van der Waals surface area contributed by atoms with E-state index in [1.165, 1.54) is 0 Å². The molecule has 24 heavy (non-hydrogen) atoms. The second kappa shape index (κ2) is 7.66. The molecule has 1 aromatic carbocycles. The maximum atomic E-state index is 12.4. The van der Waals surface area contributed by atoms with Crippen molar-refractivity contribution in [2.24, 2.45) is 0 Å². The Bertz CT molecular complexity index is 521. The van der Waals surface area contributed by atoms with Gasteiger partial charge in [0.15, 0.2) is 0 Å². The third-order valence-corrected chi connectivity index (χ3v) is 4.56. The molecule has 134 valence electrons. The van der Waals surface area contributed by atoms with E-state index in [0.29, 0.717) is 5.56 Å². The molecule has 0 spiro atoms. The Hall–Kier alpha value is -1.39. The Kier molecular flexibility index (Phi) is 6.05. The van der Waals surface area contributed by atoms with Crippen molar-refractivity contribution in [1.29, 1.82) is 0 Å². The minimum atomic E-state index is -0.243. The van der Waals surface area contributed by atoms with Crippen LogP contribution in [0, 0.1) is 0 Å². The molecule has 1 aliphatic rings. The Balaban J connectivity index is 2.04. The van der Waals surface area contributed by atoms with E-state index in [4.69, 9.17) is 9.57 Å². The second-order valence-corrected chi connectivity index (χ2v) is 7.91. The highest BCUT2D eigenvalue weighted by Gasteiger charge is 2.47. The number of unbranched alkanes of at least 4 members (excludes halogenated alkanes) is 1. The summed E-state index contributed by atoms with van der Waals surface area (Å²) in [6.45, 7) is 11.5. The molecule has 1 heterocycles. The van der Waals surface area contributed by atoms with Crippen LogP contribution in [0.25, 0.3) is 0 Å². The van der Waals surface area contributed by atoms with Crippen molar-refractivity contribution in [3.8, 4) is 0 Å². The van der Waals surface area contributed by atoms with Crippen LogP contribution in [0.15, 0.2) is 30.3 Å². The highest BCUT2D eigenvalue weighted by molar-refractivity contribution is 5.89. The van der Waals surface area contributed by atoms with Gasteiger partial charge in [0, 0.05) is 23.9 Å². The van der Waals surface area contributed by atoms with Gasteiger partial charge in [0.25, 0.3) is 0 Å². The first-order valence-corrected chi connectivity index (χ1v) is 8.95. The van der Waals surface area contributed by atoms with Crippen molar-refractivity contribution >= 4 is 5.97 Å². The first-order valence-electron chi connectivity index (χ1n) is 8.95. The van der Waals surface area contributed by atoms with Gasteiger partial charge in [-0.15, -0.1) is 0 Å². The summed E-state index contributed by atoms with van der Waals surface area (Å²) < 4.78 is 5.80. The number of nitrogens with zero attached hydrogens (tertiary/aromatic N) is 1. The summed E-state index contributed by atoms with van der Waals surface area (Å²) in [6.07, 6.45) is 3.59. The Labute approximate surface area is 146 Å². The number of rotatable bonds is 6. The van der Waals surface area contributed by atoms with Crippen LogP contribution in [0.3, 0.4) is 0 Å². The van der Waals surface area contributed by atoms with Gasteiger partial charge in [-0.2, -0.15) is 5.06 Å². The molecule has 0 N–H and O–H groups in total. The molecule has 0 saturated carbocycles. The average molecular weight is 333 g/mol. The number of esters is 1. The first-order chi connectivity index (χ1) is 11.3. The second-order valence-electron chi connectivity index (χ2n) is 7.91. The maximum Gasteiger partial charge on any atom is 0.338 e. The summed E-state index contributed by atoms with van der Waals surface area (Å²) in [4.78, 5) is 18.4. The van der Waals surface area contributed by atoms with Crippen molar-refractivity contribution < 1.29 is 14.4 Å². The highest BCUT2D eigenvalue weighted by Crippen LogP contribution is 2.40. The van der Waals surface area contributed by atoms with E-state index in [1.54, 1.807) is 12.1 Å². The van der Waals surface area contributed by atoms with Gasteiger partial charge in [-0.25, -0.2) is 4.79 Å². The molecule has 4 heteroatoms. The number of carbonyl (C=O) groups is 1. The predicted molar refractivity (Wildman–Crippen MR) is 95.7 cm³/mol. The normalized spacial score (nSPS) is 20.7. The molecule has 1 aliphatic heterocycles. The molecule has 1 fully saturated rings. The van der Waals surface area contributed by atoms with Crippen LogP contribution in [0.4, 0.5) is 0 Å².